The lowest BCUT2D eigenvalue weighted by atomic mass is 10.2. The van der Waals surface area contributed by atoms with E-state index in [-0.39, 0.29) is 12.4 Å². The third-order valence-electron chi connectivity index (χ3n) is 2.86. The van der Waals surface area contributed by atoms with E-state index in [0.717, 1.165) is 5.75 Å². The first kappa shape index (κ1) is 17.5. The molecule has 1 heterocycles. The number of anilines is 1. The van der Waals surface area contributed by atoms with E-state index in [2.05, 4.69) is 5.32 Å². The third-order valence-corrected chi connectivity index (χ3v) is 4.88. The molecule has 2 aromatic rings. The number of hydrogen-bond acceptors (Lipinski definition) is 5. The maximum atomic E-state index is 13.4. The van der Waals surface area contributed by atoms with Crippen molar-refractivity contribution < 1.29 is 18.7 Å². The first-order chi connectivity index (χ1) is 11.0. The molecule has 0 saturated heterocycles. The minimum Gasteiger partial charge on any atom is -0.455 e. The van der Waals surface area contributed by atoms with Gasteiger partial charge in [0.1, 0.15) is 5.82 Å². The van der Waals surface area contributed by atoms with Crippen LogP contribution in [0.5, 0.6) is 0 Å². The highest BCUT2D eigenvalue weighted by molar-refractivity contribution is 7.99. The molecule has 0 aliphatic carbocycles. The molecule has 1 aromatic carbocycles. The third kappa shape index (κ3) is 6.03. The van der Waals surface area contributed by atoms with Crippen LogP contribution in [-0.2, 0) is 20.1 Å². The first-order valence-electron chi connectivity index (χ1n) is 6.86. The second kappa shape index (κ2) is 8.69. The maximum absolute atomic E-state index is 13.4. The Morgan fingerprint density at radius 1 is 1.35 bits per heavy atom. The molecule has 122 valence electrons. The SMILES string of the molecule is Cc1ccc(NC(=O)COC(=O)CSCc2cccs2)cc1F. The smallest absolute Gasteiger partial charge is 0.316 e. The van der Waals surface area contributed by atoms with Gasteiger partial charge in [0.2, 0.25) is 0 Å². The Hall–Kier alpha value is -1.86. The van der Waals surface area contributed by atoms with E-state index in [1.54, 1.807) is 30.4 Å². The minimum absolute atomic E-state index is 0.185. The van der Waals surface area contributed by atoms with Crippen LogP contribution in [0, 0.1) is 12.7 Å². The van der Waals surface area contributed by atoms with Gasteiger partial charge in [0, 0.05) is 16.3 Å². The number of amides is 1. The summed E-state index contributed by atoms with van der Waals surface area (Å²) in [5.74, 6) is -0.419. The van der Waals surface area contributed by atoms with Crippen LogP contribution in [0.3, 0.4) is 0 Å². The highest BCUT2D eigenvalue weighted by Crippen LogP contribution is 2.17. The molecule has 0 aliphatic heterocycles. The average molecular weight is 353 g/mol. The summed E-state index contributed by atoms with van der Waals surface area (Å²) in [6.07, 6.45) is 0. The normalized spacial score (nSPS) is 10.3. The van der Waals surface area contributed by atoms with Crippen LogP contribution < -0.4 is 5.32 Å². The Labute approximate surface area is 142 Å². The summed E-state index contributed by atoms with van der Waals surface area (Å²) < 4.78 is 18.2. The number of halogens is 1. The fourth-order valence-electron chi connectivity index (χ4n) is 1.69. The van der Waals surface area contributed by atoms with E-state index >= 15 is 0 Å². The number of aryl methyl sites for hydroxylation is 1. The maximum Gasteiger partial charge on any atom is 0.316 e. The van der Waals surface area contributed by atoms with E-state index in [0.29, 0.717) is 11.3 Å². The Kier molecular flexibility index (Phi) is 6.61. The zero-order chi connectivity index (χ0) is 16.7. The second-order valence-electron chi connectivity index (χ2n) is 4.74. The molecule has 23 heavy (non-hydrogen) atoms. The second-order valence-corrected chi connectivity index (χ2v) is 6.76. The predicted molar refractivity (Wildman–Crippen MR) is 91.2 cm³/mol. The van der Waals surface area contributed by atoms with Crippen molar-refractivity contribution in [3.8, 4) is 0 Å². The fourth-order valence-corrected chi connectivity index (χ4v) is 3.35. The number of carbonyl (C=O) groups is 2. The van der Waals surface area contributed by atoms with Crippen molar-refractivity contribution in [3.63, 3.8) is 0 Å². The van der Waals surface area contributed by atoms with Crippen molar-refractivity contribution >= 4 is 40.7 Å². The van der Waals surface area contributed by atoms with E-state index < -0.39 is 17.7 Å². The molecule has 1 aromatic heterocycles. The number of thiophene rings is 1. The summed E-state index contributed by atoms with van der Waals surface area (Å²) in [5.41, 5.74) is 0.832. The van der Waals surface area contributed by atoms with Crippen molar-refractivity contribution in [2.24, 2.45) is 0 Å². The standard InChI is InChI=1S/C16H16FNO3S2/c1-11-4-5-12(7-14(11)17)18-15(19)8-21-16(20)10-22-9-13-3-2-6-23-13/h2-7H,8-10H2,1H3,(H,18,19). The van der Waals surface area contributed by atoms with Crippen molar-refractivity contribution in [1.29, 1.82) is 0 Å². The number of hydrogen-bond donors (Lipinski definition) is 1. The largest absolute Gasteiger partial charge is 0.455 e. The van der Waals surface area contributed by atoms with Gasteiger partial charge in [0.15, 0.2) is 6.61 Å². The molecule has 4 nitrogen and oxygen atoms in total. The summed E-state index contributed by atoms with van der Waals surface area (Å²) in [7, 11) is 0. The molecule has 1 amide bonds. The predicted octanol–water partition coefficient (Wildman–Crippen LogP) is 3.61. The molecular formula is C16H16FNO3S2. The van der Waals surface area contributed by atoms with Gasteiger partial charge in [-0.15, -0.1) is 23.1 Å². The molecule has 1 N–H and O–H groups in total. The molecule has 0 fully saturated rings. The summed E-state index contributed by atoms with van der Waals surface area (Å²) in [6.45, 7) is 1.25. The number of rotatable bonds is 7. The van der Waals surface area contributed by atoms with Gasteiger partial charge in [-0.1, -0.05) is 12.1 Å². The topological polar surface area (TPSA) is 55.4 Å². The summed E-state index contributed by atoms with van der Waals surface area (Å²) in [5, 5.41) is 4.46. The van der Waals surface area contributed by atoms with E-state index in [4.69, 9.17) is 4.74 Å². The van der Waals surface area contributed by atoms with E-state index in [1.165, 1.54) is 22.7 Å². The molecule has 0 bridgehead atoms. The van der Waals surface area contributed by atoms with Crippen LogP contribution >= 0.6 is 23.1 Å². The van der Waals surface area contributed by atoms with Gasteiger partial charge < -0.3 is 10.1 Å². The number of thioether (sulfide) groups is 1. The van der Waals surface area contributed by atoms with E-state index in [9.17, 15) is 14.0 Å². The van der Waals surface area contributed by atoms with Crippen LogP contribution in [0.1, 0.15) is 10.4 Å². The van der Waals surface area contributed by atoms with Crippen LogP contribution in [0.4, 0.5) is 10.1 Å². The van der Waals surface area contributed by atoms with Crippen molar-refractivity contribution in [2.75, 3.05) is 17.7 Å². The van der Waals surface area contributed by atoms with Gasteiger partial charge in [-0.2, -0.15) is 0 Å². The Morgan fingerprint density at radius 2 is 2.17 bits per heavy atom. The highest BCUT2D eigenvalue weighted by Gasteiger charge is 2.09. The molecule has 7 heteroatoms. The van der Waals surface area contributed by atoms with E-state index in [1.807, 2.05) is 17.5 Å². The lowest BCUT2D eigenvalue weighted by Crippen LogP contribution is -2.21. The zero-order valence-corrected chi connectivity index (χ0v) is 14.1. The monoisotopic (exact) mass is 353 g/mol. The molecule has 0 atom stereocenters. The summed E-state index contributed by atoms with van der Waals surface area (Å²) in [4.78, 5) is 24.4. The number of benzene rings is 1. The number of ether oxygens (including phenoxy) is 1. The number of carbonyl (C=O) groups excluding carboxylic acids is 2. The summed E-state index contributed by atoms with van der Waals surface area (Å²) in [6, 6.07) is 8.34. The van der Waals surface area contributed by atoms with Gasteiger partial charge in [0.05, 0.1) is 5.75 Å². The van der Waals surface area contributed by atoms with Crippen LogP contribution in [0.25, 0.3) is 0 Å². The Morgan fingerprint density at radius 3 is 2.87 bits per heavy atom. The molecular weight excluding hydrogens is 337 g/mol. The Bertz CT molecular complexity index is 674. The molecule has 0 unspecified atom stereocenters. The van der Waals surface area contributed by atoms with Crippen molar-refractivity contribution in [3.05, 3.63) is 52.0 Å². The van der Waals surface area contributed by atoms with Gasteiger partial charge in [-0.05, 0) is 36.1 Å². The lowest BCUT2D eigenvalue weighted by molar-refractivity contribution is -0.144. The molecule has 0 aliphatic rings. The zero-order valence-electron chi connectivity index (χ0n) is 12.5. The van der Waals surface area contributed by atoms with Crippen LogP contribution in [-0.4, -0.2) is 24.2 Å². The quantitative estimate of drug-likeness (QED) is 0.773. The van der Waals surface area contributed by atoms with Gasteiger partial charge in [-0.3, -0.25) is 9.59 Å². The number of nitrogens with one attached hydrogen (secondary N) is 1. The van der Waals surface area contributed by atoms with Crippen molar-refractivity contribution in [2.45, 2.75) is 12.7 Å². The summed E-state index contributed by atoms with van der Waals surface area (Å²) >= 11 is 3.06. The van der Waals surface area contributed by atoms with Gasteiger partial charge >= 0.3 is 5.97 Å². The van der Waals surface area contributed by atoms with Crippen LogP contribution in [0.15, 0.2) is 35.7 Å². The fraction of sp³-hybridized carbons (Fsp3) is 0.250. The minimum atomic E-state index is -0.496. The molecule has 2 rings (SSSR count). The lowest BCUT2D eigenvalue weighted by Gasteiger charge is -2.07. The first-order valence-corrected chi connectivity index (χ1v) is 8.90. The average Bonchev–Trinajstić information content (AvgIpc) is 3.02. The van der Waals surface area contributed by atoms with Gasteiger partial charge in [-0.25, -0.2) is 4.39 Å². The Balaban J connectivity index is 1.67. The molecule has 0 radical (unpaired) electrons. The van der Waals surface area contributed by atoms with Crippen molar-refractivity contribution in [1.82, 2.24) is 0 Å². The van der Waals surface area contributed by atoms with Crippen LogP contribution in [0.2, 0.25) is 0 Å². The van der Waals surface area contributed by atoms with Gasteiger partial charge in [0.25, 0.3) is 5.91 Å². The molecule has 0 spiro atoms. The highest BCUT2D eigenvalue weighted by atomic mass is 32.2. The number of esters is 1. The molecule has 0 saturated carbocycles.